The minimum absolute atomic E-state index is 0.566. The first-order chi connectivity index (χ1) is 10.3. The van der Waals surface area contributed by atoms with Gasteiger partial charge in [-0.3, -0.25) is 0 Å². The molecule has 2 N–H and O–H groups in total. The molecular formula is C14H19N3O3S. The normalized spacial score (nSPS) is 10.6. The van der Waals surface area contributed by atoms with Gasteiger partial charge in [0.25, 0.3) is 5.22 Å². The molecule has 0 amide bonds. The molecule has 0 saturated carbocycles. The molecular weight excluding hydrogens is 290 g/mol. The molecule has 0 atom stereocenters. The molecule has 1 aromatic carbocycles. The summed E-state index contributed by atoms with van der Waals surface area (Å²) >= 11 is 1.49. The third-order valence-corrected chi connectivity index (χ3v) is 3.74. The van der Waals surface area contributed by atoms with E-state index in [2.05, 4.69) is 10.2 Å². The molecule has 2 aromatic rings. The van der Waals surface area contributed by atoms with E-state index < -0.39 is 0 Å². The second-order valence-electron chi connectivity index (χ2n) is 4.33. The van der Waals surface area contributed by atoms with E-state index in [1.165, 1.54) is 11.8 Å². The Bertz CT molecular complexity index is 574. The third kappa shape index (κ3) is 4.37. The monoisotopic (exact) mass is 309 g/mol. The van der Waals surface area contributed by atoms with Crippen molar-refractivity contribution in [1.29, 1.82) is 0 Å². The Labute approximate surface area is 128 Å². The highest BCUT2D eigenvalue weighted by atomic mass is 32.2. The Morgan fingerprint density at radius 2 is 2.00 bits per heavy atom. The quantitative estimate of drug-likeness (QED) is 0.749. The second-order valence-corrected chi connectivity index (χ2v) is 5.26. The van der Waals surface area contributed by atoms with Crippen molar-refractivity contribution < 1.29 is 13.9 Å². The lowest BCUT2D eigenvalue weighted by Crippen LogP contribution is -2.00. The maximum absolute atomic E-state index is 5.54. The zero-order valence-electron chi connectivity index (χ0n) is 12.2. The highest BCUT2D eigenvalue weighted by molar-refractivity contribution is 7.98. The first kappa shape index (κ1) is 15.7. The minimum Gasteiger partial charge on any atom is -0.493 e. The lowest BCUT2D eigenvalue weighted by atomic mass is 10.2. The smallest absolute Gasteiger partial charge is 0.276 e. The van der Waals surface area contributed by atoms with Gasteiger partial charge in [-0.2, -0.15) is 0 Å². The van der Waals surface area contributed by atoms with Crippen LogP contribution >= 0.6 is 11.8 Å². The Balaban J connectivity index is 1.94. The van der Waals surface area contributed by atoms with Gasteiger partial charge in [-0.05, 0) is 30.7 Å². The van der Waals surface area contributed by atoms with Crippen LogP contribution in [0.5, 0.6) is 11.5 Å². The molecule has 0 unspecified atom stereocenters. The summed E-state index contributed by atoms with van der Waals surface area (Å²) < 4.78 is 16.0. The Morgan fingerprint density at radius 3 is 2.71 bits per heavy atom. The maximum Gasteiger partial charge on any atom is 0.276 e. The molecule has 6 nitrogen and oxygen atoms in total. The van der Waals surface area contributed by atoms with Crippen LogP contribution in [0.1, 0.15) is 17.9 Å². The lowest BCUT2D eigenvalue weighted by molar-refractivity contribution is 0.354. The van der Waals surface area contributed by atoms with Crippen LogP contribution in [0.4, 0.5) is 0 Å². The van der Waals surface area contributed by atoms with Crippen molar-refractivity contribution in [2.24, 2.45) is 5.73 Å². The summed E-state index contributed by atoms with van der Waals surface area (Å²) in [7, 11) is 3.24. The predicted molar refractivity (Wildman–Crippen MR) is 80.8 cm³/mol. The van der Waals surface area contributed by atoms with Crippen molar-refractivity contribution >= 4 is 11.8 Å². The average Bonchev–Trinajstić information content (AvgIpc) is 2.98. The van der Waals surface area contributed by atoms with Crippen LogP contribution in [0.3, 0.4) is 0 Å². The Hall–Kier alpha value is -1.73. The molecule has 0 aliphatic carbocycles. The highest BCUT2D eigenvalue weighted by Crippen LogP contribution is 2.30. The number of hydrogen-bond donors (Lipinski definition) is 1. The van der Waals surface area contributed by atoms with Gasteiger partial charge in [-0.25, -0.2) is 0 Å². The van der Waals surface area contributed by atoms with Crippen molar-refractivity contribution in [3.63, 3.8) is 0 Å². The number of nitrogens with two attached hydrogens (primary N) is 1. The highest BCUT2D eigenvalue weighted by Gasteiger charge is 2.09. The third-order valence-electron chi connectivity index (χ3n) is 2.85. The molecule has 114 valence electrons. The van der Waals surface area contributed by atoms with E-state index in [1.807, 2.05) is 18.2 Å². The summed E-state index contributed by atoms with van der Waals surface area (Å²) in [6.07, 6.45) is 1.57. The molecule has 1 heterocycles. The fourth-order valence-corrected chi connectivity index (χ4v) is 2.49. The van der Waals surface area contributed by atoms with Gasteiger partial charge in [-0.15, -0.1) is 10.2 Å². The summed E-state index contributed by atoms with van der Waals surface area (Å²) in [5, 5.41) is 8.57. The van der Waals surface area contributed by atoms with Gasteiger partial charge in [0.1, 0.15) is 0 Å². The SMILES string of the molecule is COc1ccc(CSc2nnc(CCCN)o2)cc1OC. The summed E-state index contributed by atoms with van der Waals surface area (Å²) in [4.78, 5) is 0. The van der Waals surface area contributed by atoms with Gasteiger partial charge in [-0.1, -0.05) is 17.8 Å². The predicted octanol–water partition coefficient (Wildman–Crippen LogP) is 2.27. The van der Waals surface area contributed by atoms with Crippen molar-refractivity contribution in [2.75, 3.05) is 20.8 Å². The van der Waals surface area contributed by atoms with Crippen LogP contribution in [-0.4, -0.2) is 31.0 Å². The summed E-state index contributed by atoms with van der Waals surface area (Å²) in [5.41, 5.74) is 6.55. The standard InChI is InChI=1S/C14H19N3O3S/c1-18-11-6-5-10(8-12(11)19-2)9-21-14-17-16-13(20-14)4-3-7-15/h5-6,8H,3-4,7,9,15H2,1-2H3. The van der Waals surface area contributed by atoms with Gasteiger partial charge >= 0.3 is 0 Å². The van der Waals surface area contributed by atoms with Gasteiger partial charge in [0, 0.05) is 12.2 Å². The largest absolute Gasteiger partial charge is 0.493 e. The number of aromatic nitrogens is 2. The molecule has 0 bridgehead atoms. The van der Waals surface area contributed by atoms with Gasteiger partial charge in [0.2, 0.25) is 5.89 Å². The summed E-state index contributed by atoms with van der Waals surface area (Å²) in [6, 6.07) is 5.81. The summed E-state index contributed by atoms with van der Waals surface area (Å²) in [6.45, 7) is 0.622. The number of hydrogen-bond acceptors (Lipinski definition) is 7. The molecule has 0 radical (unpaired) electrons. The second kappa shape index (κ2) is 7.90. The fourth-order valence-electron chi connectivity index (χ4n) is 1.77. The van der Waals surface area contributed by atoms with Crippen molar-refractivity contribution in [2.45, 2.75) is 23.8 Å². The molecule has 0 aliphatic rings. The zero-order valence-corrected chi connectivity index (χ0v) is 13.0. The molecule has 0 aliphatic heterocycles. The Morgan fingerprint density at radius 1 is 1.19 bits per heavy atom. The molecule has 2 rings (SSSR count). The van der Waals surface area contributed by atoms with Gasteiger partial charge < -0.3 is 19.6 Å². The van der Waals surface area contributed by atoms with Crippen LogP contribution in [-0.2, 0) is 12.2 Å². The molecule has 0 fully saturated rings. The lowest BCUT2D eigenvalue weighted by Gasteiger charge is -2.08. The van der Waals surface area contributed by atoms with Crippen molar-refractivity contribution in [3.8, 4) is 11.5 Å². The number of thioether (sulfide) groups is 1. The van der Waals surface area contributed by atoms with Crippen molar-refractivity contribution in [3.05, 3.63) is 29.7 Å². The van der Waals surface area contributed by atoms with Crippen LogP contribution in [0.25, 0.3) is 0 Å². The number of rotatable bonds is 8. The van der Waals surface area contributed by atoms with E-state index >= 15 is 0 Å². The number of benzene rings is 1. The number of ether oxygens (including phenoxy) is 2. The van der Waals surface area contributed by atoms with Crippen molar-refractivity contribution in [1.82, 2.24) is 10.2 Å². The van der Waals surface area contributed by atoms with Crippen LogP contribution in [0.15, 0.2) is 27.8 Å². The maximum atomic E-state index is 5.54. The molecule has 1 aromatic heterocycles. The molecule has 0 saturated heterocycles. The zero-order chi connectivity index (χ0) is 15.1. The molecule has 21 heavy (non-hydrogen) atoms. The average molecular weight is 309 g/mol. The van der Waals surface area contributed by atoms with E-state index in [-0.39, 0.29) is 0 Å². The van der Waals surface area contributed by atoms with Crippen LogP contribution < -0.4 is 15.2 Å². The van der Waals surface area contributed by atoms with Gasteiger partial charge in [0.05, 0.1) is 14.2 Å². The summed E-state index contributed by atoms with van der Waals surface area (Å²) in [5.74, 6) is 2.78. The molecule has 7 heteroatoms. The van der Waals surface area contributed by atoms with Gasteiger partial charge in [0.15, 0.2) is 11.5 Å². The number of nitrogens with zero attached hydrogens (tertiary/aromatic N) is 2. The first-order valence-electron chi connectivity index (χ1n) is 6.63. The van der Waals surface area contributed by atoms with Crippen LogP contribution in [0, 0.1) is 0 Å². The molecule has 0 spiro atoms. The van der Waals surface area contributed by atoms with E-state index in [9.17, 15) is 0 Å². The van der Waals surface area contributed by atoms with E-state index in [1.54, 1.807) is 14.2 Å². The number of aryl methyl sites for hydroxylation is 1. The van der Waals surface area contributed by atoms with Crippen LogP contribution in [0.2, 0.25) is 0 Å². The Kier molecular flexibility index (Phi) is 5.89. The topological polar surface area (TPSA) is 83.4 Å². The number of methoxy groups -OCH3 is 2. The first-order valence-corrected chi connectivity index (χ1v) is 7.61. The fraction of sp³-hybridized carbons (Fsp3) is 0.429. The van der Waals surface area contributed by atoms with E-state index in [0.29, 0.717) is 29.2 Å². The van der Waals surface area contributed by atoms with E-state index in [0.717, 1.165) is 24.2 Å². The van der Waals surface area contributed by atoms with E-state index in [4.69, 9.17) is 19.6 Å². The minimum atomic E-state index is 0.566.